The van der Waals surface area contributed by atoms with Gasteiger partial charge in [-0.05, 0) is 45.4 Å². The van der Waals surface area contributed by atoms with Crippen LogP contribution in [0.1, 0.15) is 175 Å². The van der Waals surface area contributed by atoms with E-state index in [2.05, 4.69) is 32.2 Å². The topological polar surface area (TPSA) is 160 Å². The highest BCUT2D eigenvalue weighted by Crippen LogP contribution is 2.28. The summed E-state index contributed by atoms with van der Waals surface area (Å²) in [7, 11) is 0. The van der Waals surface area contributed by atoms with Gasteiger partial charge < -0.3 is 40.7 Å². The molecular weight excluding hydrogens is 646 g/mol. The van der Waals surface area contributed by atoms with Crippen LogP contribution in [0.5, 0.6) is 0 Å². The van der Waals surface area contributed by atoms with Crippen molar-refractivity contribution in [1.29, 1.82) is 0 Å². The molecule has 9 heteroatoms. The van der Waals surface area contributed by atoms with Crippen molar-refractivity contribution in [3.63, 3.8) is 0 Å². The van der Waals surface area contributed by atoms with E-state index in [0.29, 0.717) is 6.42 Å². The number of carbonyl (C=O) groups excluding carboxylic acids is 1. The van der Waals surface area contributed by atoms with Crippen molar-refractivity contribution in [3.05, 3.63) is 23.8 Å². The molecule has 1 aliphatic rings. The molecule has 1 rings (SSSR count). The summed E-state index contributed by atoms with van der Waals surface area (Å²) in [5, 5.41) is 65.0. The van der Waals surface area contributed by atoms with Crippen LogP contribution in [0.25, 0.3) is 0 Å². The second-order valence-electron chi connectivity index (χ2n) is 15.2. The first-order valence-corrected chi connectivity index (χ1v) is 20.9. The zero-order valence-corrected chi connectivity index (χ0v) is 32.7. The molecule has 0 saturated heterocycles. The number of allylic oxidation sites excluding steroid dienone is 3. The fourth-order valence-corrected chi connectivity index (χ4v) is 6.93. The number of ether oxygens (including phenoxy) is 1. The van der Waals surface area contributed by atoms with Gasteiger partial charge in [-0.3, -0.25) is 4.79 Å². The van der Waals surface area contributed by atoms with Gasteiger partial charge in [0.25, 0.3) is 0 Å². The van der Waals surface area contributed by atoms with E-state index in [1.165, 1.54) is 108 Å². The number of rotatable bonds is 32. The summed E-state index contributed by atoms with van der Waals surface area (Å²) in [6.45, 7) is 6.07. The fraction of sp³-hybridized carbons (Fsp3) is 0.881. The number of unbranched alkanes of at least 4 members (excludes halogenated alkanes) is 18. The third-order valence-electron chi connectivity index (χ3n) is 10.5. The standard InChI is InChI=1S/C42H79NO8/c1-4-6-8-10-12-13-14-15-16-18-20-24-29-37(46)42(50)43-35(32-51-38-30-34(31-44)39(47)41(49)40(38)48)36(45)28-25-21-23-27-33(3)26-22-19-17-11-9-7-5-2/h25,27-28,34-41,44-49H,4-24,26,29-32H2,1-3H3,(H,43,50)/b28-25+,33-27+/t34?,35?,36?,37?,38-,39-,40?,41+/m1/s1. The highest BCUT2D eigenvalue weighted by molar-refractivity contribution is 5.80. The molecule has 1 amide bonds. The number of nitrogens with one attached hydrogen (secondary N) is 1. The van der Waals surface area contributed by atoms with Crippen molar-refractivity contribution in [3.8, 4) is 0 Å². The minimum absolute atomic E-state index is 0.106. The summed E-state index contributed by atoms with van der Waals surface area (Å²) in [4.78, 5) is 13.0. The Morgan fingerprint density at radius 3 is 1.82 bits per heavy atom. The predicted molar refractivity (Wildman–Crippen MR) is 207 cm³/mol. The van der Waals surface area contributed by atoms with Crippen LogP contribution in [-0.2, 0) is 9.53 Å². The third kappa shape index (κ3) is 22.5. The Labute approximate surface area is 311 Å². The Kier molecular flexibility index (Phi) is 29.0. The van der Waals surface area contributed by atoms with Crippen LogP contribution in [0, 0.1) is 5.92 Å². The van der Waals surface area contributed by atoms with Gasteiger partial charge in [0.05, 0.1) is 31.0 Å². The van der Waals surface area contributed by atoms with Crippen molar-refractivity contribution in [2.24, 2.45) is 5.92 Å². The number of aliphatic hydroxyl groups is 6. The van der Waals surface area contributed by atoms with E-state index in [4.69, 9.17) is 4.74 Å². The summed E-state index contributed by atoms with van der Waals surface area (Å²) >= 11 is 0. The van der Waals surface area contributed by atoms with Gasteiger partial charge in [0.2, 0.25) is 5.91 Å². The Balaban J connectivity index is 2.59. The average molecular weight is 726 g/mol. The number of amides is 1. The lowest BCUT2D eigenvalue weighted by molar-refractivity contribution is -0.181. The van der Waals surface area contributed by atoms with Gasteiger partial charge in [0.1, 0.15) is 18.3 Å². The van der Waals surface area contributed by atoms with Crippen LogP contribution in [0.2, 0.25) is 0 Å². The van der Waals surface area contributed by atoms with Gasteiger partial charge >= 0.3 is 0 Å². The zero-order chi connectivity index (χ0) is 37.7. The second-order valence-corrected chi connectivity index (χ2v) is 15.2. The van der Waals surface area contributed by atoms with Gasteiger partial charge in [-0.1, -0.05) is 153 Å². The van der Waals surface area contributed by atoms with Crippen molar-refractivity contribution in [2.75, 3.05) is 13.2 Å². The molecule has 0 aromatic carbocycles. The molecular formula is C42H79NO8. The van der Waals surface area contributed by atoms with Crippen LogP contribution in [0.15, 0.2) is 23.8 Å². The molecule has 1 aliphatic carbocycles. The summed E-state index contributed by atoms with van der Waals surface area (Å²) in [5.41, 5.74) is 1.37. The van der Waals surface area contributed by atoms with Crippen LogP contribution >= 0.6 is 0 Å². The lowest BCUT2D eigenvalue weighted by Gasteiger charge is -2.40. The maximum atomic E-state index is 13.0. The van der Waals surface area contributed by atoms with E-state index < -0.39 is 54.5 Å². The minimum atomic E-state index is -1.49. The van der Waals surface area contributed by atoms with E-state index in [0.717, 1.165) is 38.5 Å². The normalized spacial score (nSPS) is 23.1. The second kappa shape index (κ2) is 31.1. The molecule has 7 N–H and O–H groups in total. The van der Waals surface area contributed by atoms with Gasteiger partial charge in [0, 0.05) is 12.5 Å². The first-order valence-electron chi connectivity index (χ1n) is 20.9. The highest BCUT2D eigenvalue weighted by atomic mass is 16.5. The van der Waals surface area contributed by atoms with E-state index in [1.54, 1.807) is 6.08 Å². The number of hydrogen-bond donors (Lipinski definition) is 7. The molecule has 8 atom stereocenters. The Bertz CT molecular complexity index is 896. The maximum Gasteiger partial charge on any atom is 0.249 e. The molecule has 0 heterocycles. The molecule has 5 unspecified atom stereocenters. The number of hydrogen-bond acceptors (Lipinski definition) is 8. The summed E-state index contributed by atoms with van der Waals surface area (Å²) in [6.07, 6.45) is 24.8. The van der Waals surface area contributed by atoms with Crippen LogP contribution in [-0.4, -0.2) is 92.4 Å². The van der Waals surface area contributed by atoms with Gasteiger partial charge in [0.15, 0.2) is 0 Å². The maximum absolute atomic E-state index is 13.0. The lowest BCUT2D eigenvalue weighted by Crippen LogP contribution is -2.56. The lowest BCUT2D eigenvalue weighted by atomic mass is 9.81. The van der Waals surface area contributed by atoms with Crippen LogP contribution in [0.3, 0.4) is 0 Å². The Morgan fingerprint density at radius 1 is 0.745 bits per heavy atom. The van der Waals surface area contributed by atoms with Crippen LogP contribution in [0.4, 0.5) is 0 Å². The largest absolute Gasteiger partial charge is 0.396 e. The predicted octanol–water partition coefficient (Wildman–Crippen LogP) is 7.19. The molecule has 300 valence electrons. The van der Waals surface area contributed by atoms with E-state index in [-0.39, 0.29) is 19.6 Å². The minimum Gasteiger partial charge on any atom is -0.396 e. The van der Waals surface area contributed by atoms with Gasteiger partial charge in [-0.15, -0.1) is 0 Å². The molecule has 0 aromatic heterocycles. The molecule has 0 bridgehead atoms. The third-order valence-corrected chi connectivity index (χ3v) is 10.5. The molecule has 0 aromatic rings. The van der Waals surface area contributed by atoms with Crippen molar-refractivity contribution in [2.45, 2.75) is 218 Å². The first-order chi connectivity index (χ1) is 24.7. The Hall–Kier alpha value is -1.33. The van der Waals surface area contributed by atoms with E-state index in [1.807, 2.05) is 6.08 Å². The highest BCUT2D eigenvalue weighted by Gasteiger charge is 2.43. The SMILES string of the molecule is CCCCCCCCCCCCCCC(O)C(=O)NC(CO[C@@H]1CC(CO)[C@@H](O)[C@H](O)C1O)C(O)/C=C/CC/C=C(\C)CCCCCCCCC. The van der Waals surface area contributed by atoms with Crippen molar-refractivity contribution in [1.82, 2.24) is 5.32 Å². The van der Waals surface area contributed by atoms with Gasteiger partial charge in [-0.2, -0.15) is 0 Å². The first kappa shape index (κ1) is 47.7. The molecule has 51 heavy (non-hydrogen) atoms. The van der Waals surface area contributed by atoms with Crippen molar-refractivity contribution >= 4 is 5.91 Å². The monoisotopic (exact) mass is 726 g/mol. The zero-order valence-electron chi connectivity index (χ0n) is 32.7. The molecule has 1 fully saturated rings. The van der Waals surface area contributed by atoms with Crippen molar-refractivity contribution < 1.29 is 40.2 Å². The van der Waals surface area contributed by atoms with E-state index in [9.17, 15) is 35.4 Å². The smallest absolute Gasteiger partial charge is 0.249 e. The van der Waals surface area contributed by atoms with Crippen LogP contribution < -0.4 is 5.32 Å². The summed E-state index contributed by atoms with van der Waals surface area (Å²) < 4.78 is 5.89. The number of aliphatic hydroxyl groups excluding tert-OH is 6. The molecule has 0 radical (unpaired) electrons. The average Bonchev–Trinajstić information content (AvgIpc) is 3.12. The van der Waals surface area contributed by atoms with Gasteiger partial charge in [-0.25, -0.2) is 0 Å². The molecule has 0 spiro atoms. The summed E-state index contributed by atoms with van der Waals surface area (Å²) in [6, 6.07) is -0.913. The van der Waals surface area contributed by atoms with E-state index >= 15 is 0 Å². The Morgan fingerprint density at radius 2 is 1.27 bits per heavy atom. The molecule has 0 aliphatic heterocycles. The fourth-order valence-electron chi connectivity index (χ4n) is 6.93. The quantitative estimate of drug-likeness (QED) is 0.0284. The summed E-state index contributed by atoms with van der Waals surface area (Å²) in [5.74, 6) is -1.26. The molecule has 1 saturated carbocycles. The number of carbonyl (C=O) groups is 1. The molecule has 9 nitrogen and oxygen atoms in total.